The first kappa shape index (κ1) is 30.9. The zero-order chi connectivity index (χ0) is 29.7. The Morgan fingerprint density at radius 2 is 1.50 bits per heavy atom. The Morgan fingerprint density at radius 3 is 2.08 bits per heavy atom. The molecule has 3 rings (SSSR count). The van der Waals surface area contributed by atoms with Crippen LogP contribution in [-0.2, 0) is 32.6 Å². The Kier molecular flexibility index (Phi) is 9.79. The number of benzene rings is 3. The molecule has 0 spiro atoms. The van der Waals surface area contributed by atoms with Gasteiger partial charge in [0.15, 0.2) is 0 Å². The largest absolute Gasteiger partial charge is 0.350 e. The fraction of sp³-hybridized carbons (Fsp3) is 0.375. The number of carbonyl (C=O) groups excluding carboxylic acids is 2. The Balaban J connectivity index is 2.10. The molecule has 0 saturated carbocycles. The summed E-state index contributed by atoms with van der Waals surface area (Å²) in [6, 6.07) is 21.8. The van der Waals surface area contributed by atoms with Gasteiger partial charge in [-0.3, -0.25) is 13.9 Å². The van der Waals surface area contributed by atoms with Crippen LogP contribution in [0, 0.1) is 20.8 Å². The molecule has 3 aromatic carbocycles. The van der Waals surface area contributed by atoms with E-state index < -0.39 is 34.1 Å². The van der Waals surface area contributed by atoms with Crippen LogP contribution in [0.1, 0.15) is 48.6 Å². The maximum absolute atomic E-state index is 14.2. The van der Waals surface area contributed by atoms with Crippen LogP contribution in [-0.4, -0.2) is 49.5 Å². The van der Waals surface area contributed by atoms with Gasteiger partial charge in [0.2, 0.25) is 21.8 Å². The first-order valence-corrected chi connectivity index (χ1v) is 15.3. The van der Waals surface area contributed by atoms with Crippen LogP contribution in [0.5, 0.6) is 0 Å². The molecule has 0 aliphatic carbocycles. The third-order valence-corrected chi connectivity index (χ3v) is 7.80. The van der Waals surface area contributed by atoms with E-state index in [1.54, 1.807) is 6.07 Å². The van der Waals surface area contributed by atoms with Crippen molar-refractivity contribution in [2.45, 2.75) is 66.1 Å². The molecule has 0 aliphatic rings. The lowest BCUT2D eigenvalue weighted by Crippen LogP contribution is -2.56. The van der Waals surface area contributed by atoms with E-state index in [-0.39, 0.29) is 18.9 Å². The molecule has 3 aromatic rings. The van der Waals surface area contributed by atoms with Crippen molar-refractivity contribution in [1.82, 2.24) is 10.2 Å². The Bertz CT molecular complexity index is 1450. The molecule has 0 heterocycles. The maximum Gasteiger partial charge on any atom is 0.244 e. The number of amides is 2. The van der Waals surface area contributed by atoms with E-state index in [1.165, 1.54) is 4.90 Å². The molecular weight excluding hydrogens is 522 g/mol. The number of sulfonamides is 1. The molecule has 0 aromatic heterocycles. The van der Waals surface area contributed by atoms with E-state index in [4.69, 9.17) is 0 Å². The zero-order valence-electron chi connectivity index (χ0n) is 24.6. The molecule has 0 bridgehead atoms. The summed E-state index contributed by atoms with van der Waals surface area (Å²) in [7, 11) is -3.81. The molecule has 1 unspecified atom stereocenters. The molecule has 1 N–H and O–H groups in total. The third-order valence-electron chi connectivity index (χ3n) is 6.67. The summed E-state index contributed by atoms with van der Waals surface area (Å²) in [5.41, 5.74) is 4.41. The van der Waals surface area contributed by atoms with Crippen LogP contribution >= 0.6 is 0 Å². The van der Waals surface area contributed by atoms with Gasteiger partial charge in [-0.1, -0.05) is 72.3 Å². The van der Waals surface area contributed by atoms with Gasteiger partial charge in [0.25, 0.3) is 0 Å². The van der Waals surface area contributed by atoms with E-state index in [0.717, 1.165) is 38.4 Å². The number of hydrogen-bond acceptors (Lipinski definition) is 4. The van der Waals surface area contributed by atoms with E-state index >= 15 is 0 Å². The van der Waals surface area contributed by atoms with Crippen LogP contribution in [0.2, 0.25) is 0 Å². The van der Waals surface area contributed by atoms with Crippen LogP contribution < -0.4 is 9.62 Å². The van der Waals surface area contributed by atoms with Crippen LogP contribution in [0.3, 0.4) is 0 Å². The molecule has 0 radical (unpaired) electrons. The summed E-state index contributed by atoms with van der Waals surface area (Å²) >= 11 is 0. The van der Waals surface area contributed by atoms with Crippen LogP contribution in [0.25, 0.3) is 0 Å². The van der Waals surface area contributed by atoms with Crippen molar-refractivity contribution in [1.29, 1.82) is 0 Å². The molecule has 40 heavy (non-hydrogen) atoms. The van der Waals surface area contributed by atoms with Crippen molar-refractivity contribution in [3.63, 3.8) is 0 Å². The van der Waals surface area contributed by atoms with Gasteiger partial charge < -0.3 is 10.2 Å². The summed E-state index contributed by atoms with van der Waals surface area (Å²) < 4.78 is 27.1. The molecule has 214 valence electrons. The second kappa shape index (κ2) is 12.7. The van der Waals surface area contributed by atoms with Gasteiger partial charge in [-0.2, -0.15) is 0 Å². The molecule has 0 aliphatic heterocycles. The van der Waals surface area contributed by atoms with Gasteiger partial charge in [0.05, 0.1) is 11.9 Å². The Labute approximate surface area is 239 Å². The number of hydrogen-bond donors (Lipinski definition) is 1. The van der Waals surface area contributed by atoms with Gasteiger partial charge >= 0.3 is 0 Å². The number of rotatable bonds is 10. The number of nitrogens with zero attached hydrogens (tertiary/aromatic N) is 2. The quantitative estimate of drug-likeness (QED) is 0.379. The van der Waals surface area contributed by atoms with E-state index in [2.05, 4.69) is 5.32 Å². The summed E-state index contributed by atoms with van der Waals surface area (Å²) in [5, 5.41) is 3.04. The number of aryl methyl sites for hydroxylation is 3. The smallest absolute Gasteiger partial charge is 0.244 e. The van der Waals surface area contributed by atoms with Crippen molar-refractivity contribution in [3.05, 3.63) is 101 Å². The lowest BCUT2D eigenvalue weighted by molar-refractivity contribution is -0.140. The second-order valence-corrected chi connectivity index (χ2v) is 13.4. The monoisotopic (exact) mass is 563 g/mol. The van der Waals surface area contributed by atoms with Gasteiger partial charge in [0, 0.05) is 18.5 Å². The molecule has 2 amide bonds. The minimum atomic E-state index is -3.81. The number of anilines is 1. The highest BCUT2D eigenvalue weighted by Gasteiger charge is 2.34. The number of carbonyl (C=O) groups is 2. The van der Waals surface area contributed by atoms with Gasteiger partial charge in [-0.25, -0.2) is 8.42 Å². The minimum Gasteiger partial charge on any atom is -0.350 e. The molecule has 0 saturated heterocycles. The predicted molar refractivity (Wildman–Crippen MR) is 162 cm³/mol. The van der Waals surface area contributed by atoms with Crippen LogP contribution in [0.4, 0.5) is 5.69 Å². The summed E-state index contributed by atoms with van der Waals surface area (Å²) in [6.07, 6.45) is 1.38. The summed E-state index contributed by atoms with van der Waals surface area (Å²) in [4.78, 5) is 29.5. The molecule has 1 atom stereocenters. The standard InChI is InChI=1S/C32H41N3O4S/c1-23-17-18-28(25(3)19-23)35(40(7,38)39)22-30(36)34(21-27-16-12-11-13-24(27)2)29(31(37)33-32(4,5)6)20-26-14-9-8-10-15-26/h8-19,29H,20-22H2,1-7H3,(H,33,37). The topological polar surface area (TPSA) is 86.8 Å². The second-order valence-electron chi connectivity index (χ2n) is 11.5. The van der Waals surface area contributed by atoms with Crippen molar-refractivity contribution in [3.8, 4) is 0 Å². The lowest BCUT2D eigenvalue weighted by atomic mass is 10.00. The average molecular weight is 564 g/mol. The Hall–Kier alpha value is -3.65. The van der Waals surface area contributed by atoms with Crippen molar-refractivity contribution in [2.75, 3.05) is 17.1 Å². The fourth-order valence-electron chi connectivity index (χ4n) is 4.66. The first-order valence-electron chi connectivity index (χ1n) is 13.4. The van der Waals surface area contributed by atoms with E-state index in [9.17, 15) is 18.0 Å². The Morgan fingerprint density at radius 1 is 0.875 bits per heavy atom. The normalized spacial score (nSPS) is 12.5. The highest BCUT2D eigenvalue weighted by atomic mass is 32.2. The molecule has 0 fully saturated rings. The highest BCUT2D eigenvalue weighted by molar-refractivity contribution is 7.92. The van der Waals surface area contributed by atoms with E-state index in [0.29, 0.717) is 5.69 Å². The maximum atomic E-state index is 14.2. The third kappa shape index (κ3) is 8.42. The van der Waals surface area contributed by atoms with Gasteiger partial charge in [-0.15, -0.1) is 0 Å². The zero-order valence-corrected chi connectivity index (χ0v) is 25.4. The molecular formula is C32H41N3O4S. The predicted octanol–water partition coefficient (Wildman–Crippen LogP) is 4.93. The van der Waals surface area contributed by atoms with Crippen molar-refractivity contribution < 1.29 is 18.0 Å². The summed E-state index contributed by atoms with van der Waals surface area (Å²) in [6.45, 7) is 11.1. The van der Waals surface area contributed by atoms with Crippen LogP contribution in [0.15, 0.2) is 72.8 Å². The molecule has 8 heteroatoms. The van der Waals surface area contributed by atoms with Crippen molar-refractivity contribution >= 4 is 27.5 Å². The highest BCUT2D eigenvalue weighted by Crippen LogP contribution is 2.25. The average Bonchev–Trinajstić information content (AvgIpc) is 2.85. The molecule has 7 nitrogen and oxygen atoms in total. The van der Waals surface area contributed by atoms with Crippen molar-refractivity contribution in [2.24, 2.45) is 0 Å². The van der Waals surface area contributed by atoms with Gasteiger partial charge in [0.1, 0.15) is 12.6 Å². The SMILES string of the molecule is Cc1ccc(N(CC(=O)N(Cc2ccccc2C)C(Cc2ccccc2)C(=O)NC(C)(C)C)S(C)(=O)=O)c(C)c1. The first-order chi connectivity index (χ1) is 18.7. The van der Waals surface area contributed by atoms with Gasteiger partial charge in [-0.05, 0) is 69.9 Å². The summed E-state index contributed by atoms with van der Waals surface area (Å²) in [5.74, 6) is -0.755. The lowest BCUT2D eigenvalue weighted by Gasteiger charge is -2.35. The van der Waals surface area contributed by atoms with E-state index in [1.807, 2.05) is 108 Å². The fourth-order valence-corrected chi connectivity index (χ4v) is 5.56. The minimum absolute atomic E-state index is 0.158. The number of nitrogens with one attached hydrogen (secondary N) is 1.